The fourth-order valence-corrected chi connectivity index (χ4v) is 3.94. The van der Waals surface area contributed by atoms with Crippen LogP contribution in [0.5, 0.6) is 0 Å². The summed E-state index contributed by atoms with van der Waals surface area (Å²) in [4.78, 5) is 25.5. The van der Waals surface area contributed by atoms with Crippen LogP contribution >= 0.6 is 0 Å². The lowest BCUT2D eigenvalue weighted by molar-refractivity contribution is -0.0218. The van der Waals surface area contributed by atoms with E-state index in [2.05, 4.69) is 18.8 Å². The van der Waals surface area contributed by atoms with Crippen molar-refractivity contribution in [1.82, 2.24) is 9.55 Å². The highest BCUT2D eigenvalue weighted by molar-refractivity contribution is 5.04. The molecule has 3 N–H and O–H groups in total. The molecular formula is C21H36N2O6. The molecule has 0 radical (unpaired) electrons. The Kier molecular flexibility index (Phi) is 9.07. The summed E-state index contributed by atoms with van der Waals surface area (Å²) in [6, 6.07) is 0. The largest absolute Gasteiger partial charge is 0.390 e. The molecule has 0 spiro atoms. The minimum atomic E-state index is -0.566. The number of aromatic amines is 1. The Labute approximate surface area is 171 Å². The molecule has 1 aromatic rings. The summed E-state index contributed by atoms with van der Waals surface area (Å²) in [6.45, 7) is 7.97. The summed E-state index contributed by atoms with van der Waals surface area (Å²) in [5.74, 6) is 0. The van der Waals surface area contributed by atoms with Crippen LogP contribution in [0.25, 0.3) is 0 Å². The van der Waals surface area contributed by atoms with Crippen molar-refractivity contribution in [1.29, 1.82) is 0 Å². The number of hydrogen-bond donors (Lipinski definition) is 3. The van der Waals surface area contributed by atoms with Crippen LogP contribution in [0.2, 0.25) is 0 Å². The molecule has 166 valence electrons. The van der Waals surface area contributed by atoms with Crippen molar-refractivity contribution in [3.8, 4) is 0 Å². The first-order valence-electron chi connectivity index (χ1n) is 10.9. The molecule has 0 amide bonds. The van der Waals surface area contributed by atoms with E-state index in [9.17, 15) is 19.8 Å². The average Bonchev–Trinajstić information content (AvgIpc) is 3.24. The second-order valence-corrected chi connectivity index (χ2v) is 7.81. The predicted octanol–water partition coefficient (Wildman–Crippen LogP) is 1.87. The molecule has 1 aromatic heterocycles. The lowest BCUT2D eigenvalue weighted by atomic mass is 10.1. The number of aryl methyl sites for hydroxylation is 1. The third-order valence-corrected chi connectivity index (χ3v) is 5.65. The van der Waals surface area contributed by atoms with Gasteiger partial charge in [-0.25, -0.2) is 4.79 Å². The Morgan fingerprint density at radius 2 is 1.66 bits per heavy atom. The molecule has 8 heteroatoms. The lowest BCUT2D eigenvalue weighted by Crippen LogP contribution is -2.34. The summed E-state index contributed by atoms with van der Waals surface area (Å²) in [7, 11) is 0. The number of nitrogens with zero attached hydrogens (tertiary/aromatic N) is 1. The molecule has 2 aliphatic rings. The number of aliphatic hydroxyl groups excluding tert-OH is 2. The minimum Gasteiger partial charge on any atom is -0.390 e. The van der Waals surface area contributed by atoms with Crippen LogP contribution in [0, 0.1) is 0 Å². The lowest BCUT2D eigenvalue weighted by Gasteiger charge is -2.15. The molecule has 3 rings (SSSR count). The topological polar surface area (TPSA) is 114 Å². The minimum absolute atomic E-state index is 0.103. The van der Waals surface area contributed by atoms with Crippen molar-refractivity contribution in [3.05, 3.63) is 32.6 Å². The van der Waals surface area contributed by atoms with Gasteiger partial charge >= 0.3 is 5.69 Å². The van der Waals surface area contributed by atoms with Crippen LogP contribution < -0.4 is 11.2 Å². The van der Waals surface area contributed by atoms with Crippen molar-refractivity contribution in [3.63, 3.8) is 0 Å². The first kappa shape index (κ1) is 23.8. The fourth-order valence-electron chi connectivity index (χ4n) is 3.94. The number of aromatic nitrogens is 2. The molecule has 2 fully saturated rings. The summed E-state index contributed by atoms with van der Waals surface area (Å²) >= 11 is 0. The van der Waals surface area contributed by atoms with E-state index < -0.39 is 18.0 Å². The van der Waals surface area contributed by atoms with Crippen molar-refractivity contribution in [2.45, 2.75) is 109 Å². The van der Waals surface area contributed by atoms with E-state index in [1.165, 1.54) is 10.8 Å². The Morgan fingerprint density at radius 3 is 2.17 bits per heavy atom. The van der Waals surface area contributed by atoms with Gasteiger partial charge in [-0.05, 0) is 25.7 Å². The average molecular weight is 413 g/mol. The van der Waals surface area contributed by atoms with Crippen LogP contribution in [0.15, 0.2) is 15.8 Å². The van der Waals surface area contributed by atoms with E-state index in [1.807, 2.05) is 13.8 Å². The van der Waals surface area contributed by atoms with Crippen LogP contribution in [-0.4, -0.2) is 50.3 Å². The first-order valence-corrected chi connectivity index (χ1v) is 10.9. The van der Waals surface area contributed by atoms with Gasteiger partial charge < -0.3 is 19.7 Å². The van der Waals surface area contributed by atoms with Crippen molar-refractivity contribution in [2.75, 3.05) is 0 Å². The smallest absolute Gasteiger partial charge is 0.330 e. The quantitative estimate of drug-likeness (QED) is 0.657. The van der Waals surface area contributed by atoms with E-state index in [4.69, 9.17) is 9.47 Å². The van der Waals surface area contributed by atoms with Gasteiger partial charge in [0.1, 0.15) is 6.23 Å². The molecule has 6 atom stereocenters. The van der Waals surface area contributed by atoms with E-state index in [-0.39, 0.29) is 23.9 Å². The van der Waals surface area contributed by atoms with Gasteiger partial charge in [0.05, 0.1) is 30.5 Å². The van der Waals surface area contributed by atoms with Crippen molar-refractivity contribution in [2.24, 2.45) is 0 Å². The van der Waals surface area contributed by atoms with Gasteiger partial charge in [-0.15, -0.1) is 0 Å². The monoisotopic (exact) mass is 412 g/mol. The van der Waals surface area contributed by atoms with E-state index in [0.717, 1.165) is 25.7 Å². The van der Waals surface area contributed by atoms with Gasteiger partial charge in [-0.2, -0.15) is 0 Å². The van der Waals surface area contributed by atoms with Gasteiger partial charge in [-0.1, -0.05) is 34.1 Å². The Balaban J connectivity index is 0.000000234. The summed E-state index contributed by atoms with van der Waals surface area (Å²) < 4.78 is 12.6. The van der Waals surface area contributed by atoms with Gasteiger partial charge in [0.25, 0.3) is 5.56 Å². The highest BCUT2D eigenvalue weighted by Gasteiger charge is 2.34. The fraction of sp³-hybridized carbons (Fsp3) is 0.810. The maximum absolute atomic E-state index is 11.7. The molecule has 0 unspecified atom stereocenters. The Hall–Kier alpha value is -1.48. The molecule has 2 aliphatic heterocycles. The van der Waals surface area contributed by atoms with Crippen LogP contribution in [0.4, 0.5) is 0 Å². The zero-order valence-electron chi connectivity index (χ0n) is 18.0. The summed E-state index contributed by atoms with van der Waals surface area (Å²) in [5, 5.41) is 19.2. The normalized spacial score (nSPS) is 31.5. The third kappa shape index (κ3) is 6.01. The number of rotatable bonds is 6. The maximum atomic E-state index is 11.7. The molecule has 3 heterocycles. The molecule has 0 bridgehead atoms. The van der Waals surface area contributed by atoms with Gasteiger partial charge in [-0.3, -0.25) is 14.3 Å². The molecule has 0 saturated carbocycles. The second-order valence-electron chi connectivity index (χ2n) is 7.81. The third-order valence-electron chi connectivity index (χ3n) is 5.65. The predicted molar refractivity (Wildman–Crippen MR) is 110 cm³/mol. The van der Waals surface area contributed by atoms with Gasteiger partial charge in [0.15, 0.2) is 0 Å². The summed E-state index contributed by atoms with van der Waals surface area (Å²) in [6.07, 6.45) is 6.03. The van der Waals surface area contributed by atoms with Crippen LogP contribution in [0.1, 0.15) is 78.0 Å². The SMILES string of the molecule is CCC[C@H]1C[C@@H](O)[C@@H](CC)O1.CCc1cn([C@H]2C[C@@H](O)[C@@H](CC)O2)c(=O)[nH]c1=O. The first-order chi connectivity index (χ1) is 13.8. The van der Waals surface area contributed by atoms with E-state index in [1.54, 1.807) is 0 Å². The highest BCUT2D eigenvalue weighted by atomic mass is 16.5. The molecule has 0 aromatic carbocycles. The second kappa shape index (κ2) is 11.1. The highest BCUT2D eigenvalue weighted by Crippen LogP contribution is 2.29. The number of ether oxygens (including phenoxy) is 2. The number of H-pyrrole nitrogens is 1. The zero-order chi connectivity index (χ0) is 21.6. The molecule has 0 aliphatic carbocycles. The number of aliphatic hydroxyl groups is 2. The van der Waals surface area contributed by atoms with E-state index >= 15 is 0 Å². The van der Waals surface area contributed by atoms with Crippen LogP contribution in [0.3, 0.4) is 0 Å². The summed E-state index contributed by atoms with van der Waals surface area (Å²) in [5.41, 5.74) is -0.317. The Morgan fingerprint density at radius 1 is 1.03 bits per heavy atom. The van der Waals surface area contributed by atoms with Crippen LogP contribution in [-0.2, 0) is 15.9 Å². The van der Waals surface area contributed by atoms with Gasteiger partial charge in [0, 0.05) is 24.6 Å². The molecule has 8 nitrogen and oxygen atoms in total. The van der Waals surface area contributed by atoms with Crippen molar-refractivity contribution < 1.29 is 19.7 Å². The van der Waals surface area contributed by atoms with E-state index in [0.29, 0.717) is 30.9 Å². The number of nitrogens with one attached hydrogen (secondary N) is 1. The number of hydrogen-bond acceptors (Lipinski definition) is 6. The zero-order valence-corrected chi connectivity index (χ0v) is 18.0. The molecule has 29 heavy (non-hydrogen) atoms. The molecule has 2 saturated heterocycles. The maximum Gasteiger partial charge on any atom is 0.330 e. The van der Waals surface area contributed by atoms with Crippen molar-refractivity contribution >= 4 is 0 Å². The van der Waals surface area contributed by atoms with Gasteiger partial charge in [0.2, 0.25) is 0 Å². The Bertz CT molecular complexity index is 745. The molecular weight excluding hydrogens is 376 g/mol. The standard InChI is InChI=1S/C12H18N2O4.C9H18O2/c1-3-7-6-14(12(17)13-11(7)16)10-5-8(15)9(4-2)18-10;1-3-5-7-6-8(10)9(4-2)11-7/h6,8-10,15H,3-5H2,1-2H3,(H,13,16,17);7-10H,3-6H2,1-2H3/t8-,9-,10-;7-,8+,9+/m10/s1.